The lowest BCUT2D eigenvalue weighted by atomic mass is 10.0. The zero-order valence-corrected chi connectivity index (χ0v) is 12.6. The third-order valence-corrected chi connectivity index (χ3v) is 3.48. The van der Waals surface area contributed by atoms with Crippen LogP contribution in [0.2, 0.25) is 0 Å². The monoisotopic (exact) mass is 276 g/mol. The molecule has 20 heavy (non-hydrogen) atoms. The summed E-state index contributed by atoms with van der Waals surface area (Å²) >= 11 is 0. The highest BCUT2D eigenvalue weighted by Gasteiger charge is 2.14. The van der Waals surface area contributed by atoms with Crippen LogP contribution in [0, 0.1) is 6.92 Å². The molecule has 1 aliphatic heterocycles. The Bertz CT molecular complexity index is 466. The van der Waals surface area contributed by atoms with Crippen LogP contribution in [0.5, 0.6) is 0 Å². The lowest BCUT2D eigenvalue weighted by Crippen LogP contribution is -2.35. The van der Waals surface area contributed by atoms with Crippen LogP contribution < -0.4 is 5.32 Å². The van der Waals surface area contributed by atoms with Gasteiger partial charge in [-0.1, -0.05) is 12.1 Å². The standard InChI is InChI=1S/C16H24N2O2/c1-12(2)17-16(19)15-10-14(5-4-13(15)3)11-18-6-8-20-9-7-18/h4-5,10,12H,6-9,11H2,1-3H3,(H,17,19). The zero-order valence-electron chi connectivity index (χ0n) is 12.6. The number of rotatable bonds is 4. The first kappa shape index (κ1) is 15.0. The summed E-state index contributed by atoms with van der Waals surface area (Å²) in [6.45, 7) is 10.3. The molecule has 0 spiro atoms. The van der Waals surface area contributed by atoms with Crippen molar-refractivity contribution in [3.8, 4) is 0 Å². The zero-order chi connectivity index (χ0) is 14.5. The molecule has 0 atom stereocenters. The number of ether oxygens (including phenoxy) is 1. The fourth-order valence-electron chi connectivity index (χ4n) is 2.37. The molecule has 1 heterocycles. The van der Waals surface area contributed by atoms with Gasteiger partial charge in [0, 0.05) is 31.2 Å². The molecule has 0 radical (unpaired) electrons. The molecule has 0 aromatic heterocycles. The number of morpholine rings is 1. The first-order valence-electron chi connectivity index (χ1n) is 7.27. The Balaban J connectivity index is 2.09. The molecule has 1 aromatic rings. The molecule has 2 rings (SSSR count). The van der Waals surface area contributed by atoms with Gasteiger partial charge in [0.15, 0.2) is 0 Å². The van der Waals surface area contributed by atoms with Crippen molar-refractivity contribution in [1.29, 1.82) is 0 Å². The summed E-state index contributed by atoms with van der Waals surface area (Å²) in [6, 6.07) is 6.31. The molecule has 1 fully saturated rings. The first-order valence-corrected chi connectivity index (χ1v) is 7.27. The number of benzene rings is 1. The van der Waals surface area contributed by atoms with Crippen molar-refractivity contribution >= 4 is 5.91 Å². The maximum Gasteiger partial charge on any atom is 0.251 e. The number of hydrogen-bond donors (Lipinski definition) is 1. The summed E-state index contributed by atoms with van der Waals surface area (Å²) < 4.78 is 5.36. The molecule has 4 heteroatoms. The number of nitrogens with one attached hydrogen (secondary N) is 1. The van der Waals surface area contributed by atoms with Crippen molar-refractivity contribution < 1.29 is 9.53 Å². The number of carbonyl (C=O) groups excluding carboxylic acids is 1. The van der Waals surface area contributed by atoms with E-state index in [4.69, 9.17) is 4.74 Å². The van der Waals surface area contributed by atoms with Crippen molar-refractivity contribution in [3.05, 3.63) is 34.9 Å². The van der Waals surface area contributed by atoms with Gasteiger partial charge < -0.3 is 10.1 Å². The predicted molar refractivity (Wildman–Crippen MR) is 79.9 cm³/mol. The molecule has 4 nitrogen and oxygen atoms in total. The quantitative estimate of drug-likeness (QED) is 0.914. The van der Waals surface area contributed by atoms with Crippen molar-refractivity contribution in [2.45, 2.75) is 33.4 Å². The molecule has 0 bridgehead atoms. The summed E-state index contributed by atoms with van der Waals surface area (Å²) in [6.07, 6.45) is 0. The van der Waals surface area contributed by atoms with Crippen LogP contribution in [-0.4, -0.2) is 43.2 Å². The summed E-state index contributed by atoms with van der Waals surface area (Å²) in [5.41, 5.74) is 2.99. The maximum absolute atomic E-state index is 12.2. The second kappa shape index (κ2) is 6.86. The minimum atomic E-state index is 0.0151. The van der Waals surface area contributed by atoms with Gasteiger partial charge in [-0.15, -0.1) is 0 Å². The topological polar surface area (TPSA) is 41.6 Å². The SMILES string of the molecule is Cc1ccc(CN2CCOCC2)cc1C(=O)NC(C)C. The van der Waals surface area contributed by atoms with Crippen molar-refractivity contribution in [3.63, 3.8) is 0 Å². The number of hydrogen-bond acceptors (Lipinski definition) is 3. The number of amides is 1. The molecule has 1 saturated heterocycles. The minimum Gasteiger partial charge on any atom is -0.379 e. The average molecular weight is 276 g/mol. The van der Waals surface area contributed by atoms with Gasteiger partial charge in [-0.2, -0.15) is 0 Å². The van der Waals surface area contributed by atoms with Gasteiger partial charge in [-0.25, -0.2) is 0 Å². The number of aryl methyl sites for hydroxylation is 1. The van der Waals surface area contributed by atoms with Gasteiger partial charge in [0.2, 0.25) is 0 Å². The van der Waals surface area contributed by atoms with E-state index < -0.39 is 0 Å². The highest BCUT2D eigenvalue weighted by atomic mass is 16.5. The van der Waals surface area contributed by atoms with E-state index in [1.165, 1.54) is 5.56 Å². The third kappa shape index (κ3) is 4.05. The van der Waals surface area contributed by atoms with E-state index in [0.29, 0.717) is 0 Å². The van der Waals surface area contributed by atoms with Crippen LogP contribution >= 0.6 is 0 Å². The van der Waals surface area contributed by atoms with Gasteiger partial charge in [0.05, 0.1) is 13.2 Å². The summed E-state index contributed by atoms with van der Waals surface area (Å²) in [7, 11) is 0. The van der Waals surface area contributed by atoms with E-state index in [9.17, 15) is 4.79 Å². The van der Waals surface area contributed by atoms with Crippen LogP contribution in [0.25, 0.3) is 0 Å². The number of carbonyl (C=O) groups is 1. The highest BCUT2D eigenvalue weighted by molar-refractivity contribution is 5.95. The van der Waals surface area contributed by atoms with Crippen LogP contribution in [-0.2, 0) is 11.3 Å². The largest absolute Gasteiger partial charge is 0.379 e. The van der Waals surface area contributed by atoms with E-state index >= 15 is 0 Å². The average Bonchev–Trinajstić information content (AvgIpc) is 2.41. The van der Waals surface area contributed by atoms with Crippen LogP contribution in [0.4, 0.5) is 0 Å². The molecule has 0 saturated carbocycles. The van der Waals surface area contributed by atoms with E-state index in [1.54, 1.807) is 0 Å². The Labute approximate surface area is 121 Å². The molecule has 0 unspecified atom stereocenters. The van der Waals surface area contributed by atoms with Gasteiger partial charge in [0.25, 0.3) is 5.91 Å². The number of nitrogens with zero attached hydrogens (tertiary/aromatic N) is 1. The molecule has 1 N–H and O–H groups in total. The Hall–Kier alpha value is -1.39. The smallest absolute Gasteiger partial charge is 0.251 e. The fourth-order valence-corrected chi connectivity index (χ4v) is 2.37. The molecular weight excluding hydrogens is 252 g/mol. The predicted octanol–water partition coefficient (Wildman–Crippen LogP) is 1.97. The highest BCUT2D eigenvalue weighted by Crippen LogP contribution is 2.14. The molecule has 1 amide bonds. The van der Waals surface area contributed by atoms with E-state index in [0.717, 1.165) is 44.0 Å². The van der Waals surface area contributed by atoms with Gasteiger partial charge >= 0.3 is 0 Å². The molecule has 1 aromatic carbocycles. The molecule has 110 valence electrons. The lowest BCUT2D eigenvalue weighted by molar-refractivity contribution is 0.0342. The van der Waals surface area contributed by atoms with E-state index in [2.05, 4.69) is 16.3 Å². The van der Waals surface area contributed by atoms with Gasteiger partial charge in [-0.3, -0.25) is 9.69 Å². The van der Waals surface area contributed by atoms with E-state index in [1.807, 2.05) is 32.9 Å². The molecule has 0 aliphatic carbocycles. The summed E-state index contributed by atoms with van der Waals surface area (Å²) in [4.78, 5) is 14.5. The fraction of sp³-hybridized carbons (Fsp3) is 0.562. The Morgan fingerprint density at radius 1 is 1.35 bits per heavy atom. The van der Waals surface area contributed by atoms with Crippen LogP contribution in [0.15, 0.2) is 18.2 Å². The first-order chi connectivity index (χ1) is 9.56. The van der Waals surface area contributed by atoms with Crippen LogP contribution in [0.1, 0.15) is 35.3 Å². The summed E-state index contributed by atoms with van der Waals surface area (Å²) in [5.74, 6) is 0.0151. The minimum absolute atomic E-state index is 0.0151. The third-order valence-electron chi connectivity index (χ3n) is 3.48. The van der Waals surface area contributed by atoms with Crippen molar-refractivity contribution in [1.82, 2.24) is 10.2 Å². The van der Waals surface area contributed by atoms with Gasteiger partial charge in [-0.05, 0) is 38.0 Å². The maximum atomic E-state index is 12.2. The normalized spacial score (nSPS) is 16.4. The van der Waals surface area contributed by atoms with E-state index in [-0.39, 0.29) is 11.9 Å². The lowest BCUT2D eigenvalue weighted by Gasteiger charge is -2.26. The van der Waals surface area contributed by atoms with Crippen molar-refractivity contribution in [2.75, 3.05) is 26.3 Å². The Morgan fingerprint density at radius 3 is 2.70 bits per heavy atom. The summed E-state index contributed by atoms with van der Waals surface area (Å²) in [5, 5.41) is 2.96. The molecular formula is C16H24N2O2. The van der Waals surface area contributed by atoms with Crippen molar-refractivity contribution in [2.24, 2.45) is 0 Å². The van der Waals surface area contributed by atoms with Gasteiger partial charge in [0.1, 0.15) is 0 Å². The second-order valence-electron chi connectivity index (χ2n) is 5.67. The Kier molecular flexibility index (Phi) is 5.15. The van der Waals surface area contributed by atoms with Crippen LogP contribution in [0.3, 0.4) is 0 Å². The Morgan fingerprint density at radius 2 is 2.05 bits per heavy atom. The molecule has 1 aliphatic rings. The second-order valence-corrected chi connectivity index (χ2v) is 5.67.